The Morgan fingerprint density at radius 3 is 2.72 bits per heavy atom. The number of hydrogen-bond donors (Lipinski definition) is 1. The third-order valence-electron chi connectivity index (χ3n) is 6.47. The zero-order chi connectivity index (χ0) is 22.3. The van der Waals surface area contributed by atoms with Gasteiger partial charge in [0.05, 0.1) is 17.4 Å². The van der Waals surface area contributed by atoms with E-state index in [0.717, 1.165) is 31.2 Å². The number of aromatic nitrogens is 2. The van der Waals surface area contributed by atoms with Crippen LogP contribution in [0.15, 0.2) is 10.6 Å². The molecular weight excluding hydrogens is 427 g/mol. The maximum absolute atomic E-state index is 14.1. The molecule has 7 nitrogen and oxygen atoms in total. The van der Waals surface area contributed by atoms with E-state index < -0.39 is 23.4 Å². The van der Waals surface area contributed by atoms with Gasteiger partial charge in [-0.05, 0) is 43.6 Å². The lowest BCUT2D eigenvalue weighted by Crippen LogP contribution is -2.32. The Bertz CT molecular complexity index is 985. The van der Waals surface area contributed by atoms with Crippen molar-refractivity contribution in [3.8, 4) is 11.3 Å². The van der Waals surface area contributed by atoms with Gasteiger partial charge in [0.1, 0.15) is 11.3 Å². The van der Waals surface area contributed by atoms with Crippen LogP contribution in [0.4, 0.5) is 13.2 Å². The van der Waals surface area contributed by atoms with Crippen LogP contribution in [0.2, 0.25) is 0 Å². The zero-order valence-electron chi connectivity index (χ0n) is 17.7. The molecule has 0 aromatic carbocycles. The van der Waals surface area contributed by atoms with Gasteiger partial charge in [-0.1, -0.05) is 0 Å². The number of aryl methyl sites for hydroxylation is 2. The first-order chi connectivity index (χ1) is 15.4. The highest BCUT2D eigenvalue weighted by Gasteiger charge is 2.45. The summed E-state index contributed by atoms with van der Waals surface area (Å²) in [5.41, 5.74) is -0.101. The second-order valence-electron chi connectivity index (χ2n) is 8.73. The molecule has 0 bridgehead atoms. The minimum Gasteiger partial charge on any atom is -0.455 e. The molecule has 1 amide bonds. The molecular formula is C22H26F3N3O4. The van der Waals surface area contributed by atoms with E-state index in [9.17, 15) is 18.0 Å². The number of hydrogen-bond acceptors (Lipinski definition) is 5. The van der Waals surface area contributed by atoms with Crippen molar-refractivity contribution < 1.29 is 31.9 Å². The first kappa shape index (κ1) is 21.5. The molecule has 5 rings (SSSR count). The summed E-state index contributed by atoms with van der Waals surface area (Å²) in [6.07, 6.45) is 1.20. The number of halogens is 3. The molecule has 32 heavy (non-hydrogen) atoms. The number of carbonyl (C=O) groups excluding carboxylic acids is 1. The summed E-state index contributed by atoms with van der Waals surface area (Å²) in [7, 11) is 0. The average Bonchev–Trinajstić information content (AvgIpc) is 3.49. The average molecular weight is 453 g/mol. The van der Waals surface area contributed by atoms with Crippen molar-refractivity contribution in [2.24, 2.45) is 5.92 Å². The van der Waals surface area contributed by atoms with Gasteiger partial charge in [0.25, 0.3) is 5.91 Å². The summed E-state index contributed by atoms with van der Waals surface area (Å²) in [5.74, 6) is -1.00. The van der Waals surface area contributed by atoms with Crippen LogP contribution in [-0.4, -0.2) is 48.2 Å². The normalized spacial score (nSPS) is 21.4. The molecule has 2 aromatic rings. The van der Waals surface area contributed by atoms with E-state index in [1.807, 2.05) is 6.20 Å². The van der Waals surface area contributed by atoms with Gasteiger partial charge in [-0.2, -0.15) is 18.3 Å². The first-order valence-electron chi connectivity index (χ1n) is 11.2. The molecule has 3 aliphatic rings. The van der Waals surface area contributed by atoms with Gasteiger partial charge in [-0.25, -0.2) is 0 Å². The van der Waals surface area contributed by atoms with Crippen LogP contribution >= 0.6 is 0 Å². The molecule has 174 valence electrons. The quantitative estimate of drug-likeness (QED) is 0.749. The summed E-state index contributed by atoms with van der Waals surface area (Å²) in [5, 5.41) is 7.06. The van der Waals surface area contributed by atoms with Gasteiger partial charge >= 0.3 is 6.18 Å². The standard InChI is InChI=1S/C22H26F3N3O4/c23-22(24,25)18-17-16(32-20(18)21(29)26-10-15-2-1-7-31-15)4-3-14-12-28(27-19(14)17)11-13-5-8-30-9-6-13/h12-13,15H,1-11H2,(H,26,29)/t15-/m0/s1. The number of alkyl halides is 3. The SMILES string of the molecule is O=C(NC[C@@H]1CCCO1)c1oc2c(c1C(F)(F)F)-c1nn(CC3CCOCC3)cc1CC2. The Labute approximate surface area is 183 Å². The minimum atomic E-state index is -4.74. The largest absolute Gasteiger partial charge is 0.455 e. The number of ether oxygens (including phenoxy) is 2. The number of nitrogens with one attached hydrogen (secondary N) is 1. The number of amides is 1. The molecule has 1 N–H and O–H groups in total. The topological polar surface area (TPSA) is 78.5 Å². The molecule has 1 aliphatic carbocycles. The molecule has 2 fully saturated rings. The number of fused-ring (bicyclic) bond motifs is 3. The van der Waals surface area contributed by atoms with Crippen molar-refractivity contribution in [3.63, 3.8) is 0 Å². The van der Waals surface area contributed by atoms with Crippen molar-refractivity contribution in [3.05, 3.63) is 28.8 Å². The fraction of sp³-hybridized carbons (Fsp3) is 0.636. The third kappa shape index (κ3) is 4.17. The second-order valence-corrected chi connectivity index (χ2v) is 8.73. The fourth-order valence-corrected chi connectivity index (χ4v) is 4.82. The van der Waals surface area contributed by atoms with Crippen molar-refractivity contribution >= 4 is 5.91 Å². The van der Waals surface area contributed by atoms with Gasteiger partial charge in [-0.15, -0.1) is 0 Å². The van der Waals surface area contributed by atoms with E-state index >= 15 is 0 Å². The van der Waals surface area contributed by atoms with Crippen LogP contribution in [0, 0.1) is 5.92 Å². The van der Waals surface area contributed by atoms with Crippen LogP contribution < -0.4 is 5.32 Å². The van der Waals surface area contributed by atoms with E-state index in [0.29, 0.717) is 45.1 Å². The predicted molar refractivity (Wildman–Crippen MR) is 107 cm³/mol. The lowest BCUT2D eigenvalue weighted by molar-refractivity contribution is -0.137. The summed E-state index contributed by atoms with van der Waals surface area (Å²) in [6, 6.07) is 0. The highest BCUT2D eigenvalue weighted by Crippen LogP contribution is 2.46. The van der Waals surface area contributed by atoms with E-state index in [2.05, 4.69) is 10.4 Å². The molecule has 2 aromatic heterocycles. The van der Waals surface area contributed by atoms with Gasteiger partial charge in [-0.3, -0.25) is 9.48 Å². The monoisotopic (exact) mass is 453 g/mol. The Kier molecular flexibility index (Phi) is 5.75. The van der Waals surface area contributed by atoms with Gasteiger partial charge < -0.3 is 19.2 Å². The fourth-order valence-electron chi connectivity index (χ4n) is 4.82. The zero-order valence-corrected chi connectivity index (χ0v) is 17.7. The molecule has 10 heteroatoms. The van der Waals surface area contributed by atoms with Crippen LogP contribution in [0.3, 0.4) is 0 Å². The molecule has 0 saturated carbocycles. The molecule has 0 spiro atoms. The maximum atomic E-state index is 14.1. The lowest BCUT2D eigenvalue weighted by Gasteiger charge is -2.21. The van der Waals surface area contributed by atoms with Crippen LogP contribution in [0.25, 0.3) is 11.3 Å². The first-order valence-corrected chi connectivity index (χ1v) is 11.2. The van der Waals surface area contributed by atoms with E-state index in [1.165, 1.54) is 0 Å². The second kappa shape index (κ2) is 8.55. The van der Waals surface area contributed by atoms with Crippen LogP contribution in [0.5, 0.6) is 0 Å². The Morgan fingerprint density at radius 1 is 1.19 bits per heavy atom. The van der Waals surface area contributed by atoms with Gasteiger partial charge in [0.2, 0.25) is 5.76 Å². The Morgan fingerprint density at radius 2 is 2.00 bits per heavy atom. The van der Waals surface area contributed by atoms with Crippen molar-refractivity contribution in [2.45, 2.75) is 57.3 Å². The molecule has 0 radical (unpaired) electrons. The van der Waals surface area contributed by atoms with Crippen molar-refractivity contribution in [1.29, 1.82) is 0 Å². The summed E-state index contributed by atoms with van der Waals surface area (Å²) >= 11 is 0. The number of carbonyl (C=O) groups is 1. The van der Waals surface area contributed by atoms with Gasteiger partial charge in [0, 0.05) is 45.5 Å². The van der Waals surface area contributed by atoms with Crippen LogP contribution in [0.1, 0.15) is 53.1 Å². The molecule has 1 atom stereocenters. The smallest absolute Gasteiger partial charge is 0.420 e. The Hall–Kier alpha value is -2.33. The highest BCUT2D eigenvalue weighted by atomic mass is 19.4. The minimum absolute atomic E-state index is 0.0910. The summed E-state index contributed by atoms with van der Waals surface area (Å²) in [4.78, 5) is 12.7. The van der Waals surface area contributed by atoms with Crippen LogP contribution in [-0.2, 0) is 35.0 Å². The summed E-state index contributed by atoms with van der Waals surface area (Å²) < 4.78 is 60.5. The molecule has 2 aliphatic heterocycles. The highest BCUT2D eigenvalue weighted by molar-refractivity contribution is 5.96. The van der Waals surface area contributed by atoms with Crippen molar-refractivity contribution in [1.82, 2.24) is 15.1 Å². The van der Waals surface area contributed by atoms with E-state index in [1.54, 1.807) is 4.68 Å². The molecule has 0 unspecified atom stereocenters. The summed E-state index contributed by atoms with van der Waals surface area (Å²) in [6.45, 7) is 2.79. The number of furan rings is 1. The number of nitrogens with zero attached hydrogens (tertiary/aromatic N) is 2. The molecule has 2 saturated heterocycles. The Balaban J connectivity index is 1.44. The predicted octanol–water partition coefficient (Wildman–Crippen LogP) is 3.60. The molecule has 4 heterocycles. The number of rotatable bonds is 5. The van der Waals surface area contributed by atoms with E-state index in [4.69, 9.17) is 13.9 Å². The third-order valence-corrected chi connectivity index (χ3v) is 6.47. The van der Waals surface area contributed by atoms with Crippen molar-refractivity contribution in [2.75, 3.05) is 26.4 Å². The lowest BCUT2D eigenvalue weighted by atomic mass is 9.93. The maximum Gasteiger partial charge on any atom is 0.420 e. The van der Waals surface area contributed by atoms with E-state index in [-0.39, 0.29) is 29.7 Å². The van der Waals surface area contributed by atoms with Gasteiger partial charge in [0.15, 0.2) is 0 Å².